The fourth-order valence-electron chi connectivity index (χ4n) is 10.0. The molecule has 0 aromatic rings. The highest BCUT2D eigenvalue weighted by Gasteiger charge is 2.68. The van der Waals surface area contributed by atoms with Crippen molar-refractivity contribution in [3.63, 3.8) is 0 Å². The van der Waals surface area contributed by atoms with Crippen LogP contribution in [0.15, 0.2) is 22.8 Å². The van der Waals surface area contributed by atoms with E-state index < -0.39 is 0 Å². The second-order valence-electron chi connectivity index (χ2n) is 13.2. The van der Waals surface area contributed by atoms with E-state index in [0.717, 1.165) is 56.1 Å². The molecule has 0 bridgehead atoms. The summed E-state index contributed by atoms with van der Waals surface area (Å²) in [7, 11) is 0. The van der Waals surface area contributed by atoms with Gasteiger partial charge in [0.15, 0.2) is 11.6 Å². The third-order valence-corrected chi connectivity index (χ3v) is 11.4. The van der Waals surface area contributed by atoms with E-state index in [1.165, 1.54) is 6.92 Å². The first-order valence-electron chi connectivity index (χ1n) is 12.9. The first kappa shape index (κ1) is 23.1. The Morgan fingerprint density at radius 1 is 0.909 bits per heavy atom. The molecule has 0 amide bonds. The highest BCUT2D eigenvalue weighted by molar-refractivity contribution is 6.23. The van der Waals surface area contributed by atoms with E-state index in [1.807, 2.05) is 0 Å². The molecule has 0 saturated heterocycles. The molecule has 5 aliphatic rings. The average molecular weight is 453 g/mol. The number of hydrogen-bond acceptors (Lipinski definition) is 4. The van der Waals surface area contributed by atoms with Gasteiger partial charge in [-0.1, -0.05) is 34.6 Å². The Morgan fingerprint density at radius 3 is 2.18 bits per heavy atom. The molecule has 5 aliphatic carbocycles. The Labute approximate surface area is 198 Å². The largest absolute Gasteiger partial charge is 0.462 e. The van der Waals surface area contributed by atoms with E-state index in [2.05, 4.69) is 34.6 Å². The molecule has 0 aliphatic heterocycles. The first-order chi connectivity index (χ1) is 15.3. The highest BCUT2D eigenvalue weighted by Crippen LogP contribution is 2.74. The minimum Gasteiger partial charge on any atom is -0.462 e. The number of allylic oxidation sites excluding steroid dienone is 4. The van der Waals surface area contributed by atoms with Crippen molar-refractivity contribution in [1.82, 2.24) is 0 Å². The van der Waals surface area contributed by atoms with E-state index >= 15 is 0 Å². The average Bonchev–Trinajstić information content (AvgIpc) is 3.03. The predicted molar refractivity (Wildman–Crippen MR) is 127 cm³/mol. The Bertz CT molecular complexity index is 1010. The molecule has 0 heterocycles. The SMILES string of the molecule is CC(=O)O[C@H]1CC[C@]2(C)[C@@H]3CC[C@@]4(C)C5=C(C[C@@H]4[C@]3(C)CC[C@H]2C1(C)C)C(=O)C(C)=CC5=O. The molecule has 0 unspecified atom stereocenters. The van der Waals surface area contributed by atoms with Gasteiger partial charge in [-0.2, -0.15) is 0 Å². The lowest BCUT2D eigenvalue weighted by molar-refractivity contribution is -0.214. The highest BCUT2D eigenvalue weighted by atomic mass is 16.5. The van der Waals surface area contributed by atoms with Crippen molar-refractivity contribution in [2.24, 2.45) is 39.4 Å². The fourth-order valence-corrected chi connectivity index (χ4v) is 10.0. The van der Waals surface area contributed by atoms with Crippen LogP contribution in [0.5, 0.6) is 0 Å². The van der Waals surface area contributed by atoms with Gasteiger partial charge in [0.1, 0.15) is 6.10 Å². The molecule has 4 nitrogen and oxygen atoms in total. The Balaban J connectivity index is 1.51. The smallest absolute Gasteiger partial charge is 0.302 e. The molecular formula is C29H40O4. The Morgan fingerprint density at radius 2 is 1.52 bits per heavy atom. The second kappa shape index (κ2) is 6.92. The summed E-state index contributed by atoms with van der Waals surface area (Å²) in [6, 6.07) is 0. The molecule has 0 aromatic heterocycles. The van der Waals surface area contributed by atoms with Crippen molar-refractivity contribution in [2.75, 3.05) is 0 Å². The van der Waals surface area contributed by atoms with Crippen LogP contribution in [-0.2, 0) is 19.1 Å². The molecule has 5 rings (SSSR count). The van der Waals surface area contributed by atoms with Gasteiger partial charge >= 0.3 is 5.97 Å². The fraction of sp³-hybridized carbons (Fsp3) is 0.759. The lowest BCUT2D eigenvalue weighted by Crippen LogP contribution is -2.63. The minimum atomic E-state index is -0.196. The molecule has 0 spiro atoms. The summed E-state index contributed by atoms with van der Waals surface area (Å²) in [4.78, 5) is 38.0. The summed E-state index contributed by atoms with van der Waals surface area (Å²) >= 11 is 0. The quantitative estimate of drug-likeness (QED) is 0.362. The Hall–Kier alpha value is -1.71. The van der Waals surface area contributed by atoms with Gasteiger partial charge in [-0.3, -0.25) is 14.4 Å². The van der Waals surface area contributed by atoms with Crippen molar-refractivity contribution in [1.29, 1.82) is 0 Å². The summed E-state index contributed by atoms with van der Waals surface area (Å²) in [5, 5.41) is 0. The van der Waals surface area contributed by atoms with Crippen molar-refractivity contribution in [2.45, 2.75) is 99.5 Å². The van der Waals surface area contributed by atoms with Gasteiger partial charge in [-0.15, -0.1) is 0 Å². The van der Waals surface area contributed by atoms with Gasteiger partial charge in [-0.05, 0) is 86.5 Å². The molecule has 4 heteroatoms. The van der Waals surface area contributed by atoms with Crippen molar-refractivity contribution in [3.05, 3.63) is 22.8 Å². The van der Waals surface area contributed by atoms with Crippen LogP contribution in [0.4, 0.5) is 0 Å². The number of carbonyl (C=O) groups is 3. The summed E-state index contributed by atoms with van der Waals surface area (Å²) in [6.07, 6.45) is 8.64. The van der Waals surface area contributed by atoms with Gasteiger partial charge in [0, 0.05) is 34.5 Å². The molecule has 33 heavy (non-hydrogen) atoms. The van der Waals surface area contributed by atoms with Crippen LogP contribution in [0.25, 0.3) is 0 Å². The van der Waals surface area contributed by atoms with Crippen molar-refractivity contribution < 1.29 is 19.1 Å². The molecule has 0 N–H and O–H groups in total. The maximum Gasteiger partial charge on any atom is 0.302 e. The number of ketones is 2. The molecule has 7 atom stereocenters. The summed E-state index contributed by atoms with van der Waals surface area (Å²) in [5.41, 5.74) is 2.30. The summed E-state index contributed by atoms with van der Waals surface area (Å²) in [6.45, 7) is 15.2. The lowest BCUT2D eigenvalue weighted by Gasteiger charge is -2.68. The third-order valence-electron chi connectivity index (χ3n) is 11.4. The maximum atomic E-state index is 13.1. The van der Waals surface area contributed by atoms with Gasteiger partial charge in [0.2, 0.25) is 0 Å². The topological polar surface area (TPSA) is 60.4 Å². The monoisotopic (exact) mass is 452 g/mol. The van der Waals surface area contributed by atoms with Crippen molar-refractivity contribution >= 4 is 17.5 Å². The van der Waals surface area contributed by atoms with Crippen LogP contribution in [0.3, 0.4) is 0 Å². The summed E-state index contributed by atoms with van der Waals surface area (Å²) in [5.74, 6) is 1.40. The predicted octanol–water partition coefficient (Wildman–Crippen LogP) is 5.99. The zero-order valence-corrected chi connectivity index (χ0v) is 21.5. The van der Waals surface area contributed by atoms with Gasteiger partial charge in [0.25, 0.3) is 0 Å². The summed E-state index contributed by atoms with van der Waals surface area (Å²) < 4.78 is 5.82. The molecule has 3 fully saturated rings. The van der Waals surface area contributed by atoms with Gasteiger partial charge < -0.3 is 4.74 Å². The molecule has 180 valence electrons. The minimum absolute atomic E-state index is 0.0176. The van der Waals surface area contributed by atoms with Crippen LogP contribution >= 0.6 is 0 Å². The zero-order chi connectivity index (χ0) is 24.1. The standard InChI is InChI=1S/C29H40O4/c1-16-14-19(31)24-18(25(16)32)15-22-28(6)11-8-20-26(3,4)23(33-17(2)30)10-13-27(20,5)21(28)9-12-29(22,24)7/h14,20-23H,8-13,15H2,1-7H3/t20-,21-,22+,23-,27-,28+,29+/m0/s1. The van der Waals surface area contributed by atoms with Crippen LogP contribution in [0.1, 0.15) is 93.4 Å². The normalized spacial score (nSPS) is 46.1. The number of esters is 1. The molecule has 3 saturated carbocycles. The van der Waals surface area contributed by atoms with Crippen molar-refractivity contribution in [3.8, 4) is 0 Å². The van der Waals surface area contributed by atoms with E-state index in [1.54, 1.807) is 13.0 Å². The third kappa shape index (κ3) is 2.85. The number of ether oxygens (including phenoxy) is 1. The van der Waals surface area contributed by atoms with Gasteiger partial charge in [0.05, 0.1) is 0 Å². The number of fused-ring (bicyclic) bond motifs is 6. The van der Waals surface area contributed by atoms with Crippen LogP contribution in [0, 0.1) is 39.4 Å². The first-order valence-corrected chi connectivity index (χ1v) is 12.9. The van der Waals surface area contributed by atoms with E-state index in [0.29, 0.717) is 23.3 Å². The Kier molecular flexibility index (Phi) is 4.83. The molecule has 0 radical (unpaired) electrons. The maximum absolute atomic E-state index is 13.1. The van der Waals surface area contributed by atoms with Crippen LogP contribution in [0.2, 0.25) is 0 Å². The van der Waals surface area contributed by atoms with Gasteiger partial charge in [-0.25, -0.2) is 0 Å². The number of hydrogen-bond donors (Lipinski definition) is 0. The number of carbonyl (C=O) groups excluding carboxylic acids is 3. The lowest BCUT2D eigenvalue weighted by atomic mass is 9.37. The van der Waals surface area contributed by atoms with Crippen LogP contribution < -0.4 is 0 Å². The van der Waals surface area contributed by atoms with Crippen LogP contribution in [-0.4, -0.2) is 23.6 Å². The number of Topliss-reactive ketones (excluding diaryl/α,β-unsaturated/α-hetero) is 1. The van der Waals surface area contributed by atoms with E-state index in [9.17, 15) is 14.4 Å². The molecular weight excluding hydrogens is 412 g/mol. The molecule has 0 aromatic carbocycles. The van der Waals surface area contributed by atoms with E-state index in [4.69, 9.17) is 4.74 Å². The van der Waals surface area contributed by atoms with E-state index in [-0.39, 0.29) is 45.3 Å². The second-order valence-corrected chi connectivity index (χ2v) is 13.2. The number of rotatable bonds is 1. The zero-order valence-electron chi connectivity index (χ0n) is 21.5.